The van der Waals surface area contributed by atoms with Crippen molar-refractivity contribution >= 4 is 17.1 Å². The number of hydrogen-bond acceptors (Lipinski definition) is 2. The number of fused-ring (bicyclic) bond motifs is 1. The second kappa shape index (κ2) is 3.82. The molecule has 0 radical (unpaired) electrons. The van der Waals surface area contributed by atoms with Gasteiger partial charge in [-0.2, -0.15) is 0 Å². The van der Waals surface area contributed by atoms with E-state index in [1.807, 2.05) is 18.2 Å². The van der Waals surface area contributed by atoms with Crippen LogP contribution in [0.1, 0.15) is 31.7 Å². The van der Waals surface area contributed by atoms with E-state index in [9.17, 15) is 0 Å². The highest BCUT2D eigenvalue weighted by Crippen LogP contribution is 2.29. The quantitative estimate of drug-likeness (QED) is 0.727. The molecular weight excluding hydrogens is 172 g/mol. The Bertz CT molecular complexity index is 367. The number of unbranched alkanes of at least 4 members (excludes halogenated alkanes) is 1. The van der Waals surface area contributed by atoms with Gasteiger partial charge in [-0.25, -0.2) is 0 Å². The molecule has 1 heterocycles. The van der Waals surface area contributed by atoms with Gasteiger partial charge >= 0.3 is 0 Å². The first-order chi connectivity index (χ1) is 6.79. The summed E-state index contributed by atoms with van der Waals surface area (Å²) in [6, 6.07) is 5.98. The van der Waals surface area contributed by atoms with Gasteiger partial charge in [-0.05, 0) is 36.6 Å². The fourth-order valence-corrected chi connectivity index (χ4v) is 1.81. The predicted octanol–water partition coefficient (Wildman–Crippen LogP) is 3.09. The molecule has 0 amide bonds. The predicted molar refractivity (Wildman–Crippen MR) is 61.2 cm³/mol. The monoisotopic (exact) mass is 188 g/mol. The van der Waals surface area contributed by atoms with Crippen LogP contribution in [0.5, 0.6) is 0 Å². The molecule has 1 aliphatic rings. The molecule has 2 rings (SSSR count). The minimum atomic E-state index is 0.843. The van der Waals surface area contributed by atoms with Crippen molar-refractivity contribution in [3.05, 3.63) is 23.8 Å². The van der Waals surface area contributed by atoms with E-state index in [4.69, 9.17) is 5.73 Å². The highest BCUT2D eigenvalue weighted by Gasteiger charge is 2.13. The normalized spacial score (nSPS) is 13.9. The molecule has 0 bridgehead atoms. The first-order valence-corrected chi connectivity index (χ1v) is 5.24. The summed E-state index contributed by atoms with van der Waals surface area (Å²) in [6.07, 6.45) is 4.60. The standard InChI is InChI=1S/C12H16N2/c1-2-3-4-11-8-9-7-10(13)5-6-12(9)14-11/h5-7H,2-4,8,13H2,1H3. The van der Waals surface area contributed by atoms with E-state index < -0.39 is 0 Å². The zero-order valence-electron chi connectivity index (χ0n) is 8.59. The largest absolute Gasteiger partial charge is 0.399 e. The van der Waals surface area contributed by atoms with Crippen LogP contribution in [0.4, 0.5) is 11.4 Å². The van der Waals surface area contributed by atoms with E-state index in [-0.39, 0.29) is 0 Å². The van der Waals surface area contributed by atoms with Crippen molar-refractivity contribution in [3.8, 4) is 0 Å². The van der Waals surface area contributed by atoms with Crippen LogP contribution in [-0.2, 0) is 6.42 Å². The SMILES string of the molecule is CCCCC1=Nc2ccc(N)cc2C1. The Labute approximate surface area is 84.9 Å². The third kappa shape index (κ3) is 1.79. The lowest BCUT2D eigenvalue weighted by Gasteiger charge is -1.98. The molecule has 0 aliphatic carbocycles. The molecule has 0 atom stereocenters. The molecule has 0 saturated carbocycles. The van der Waals surface area contributed by atoms with Gasteiger partial charge in [0.05, 0.1) is 5.69 Å². The lowest BCUT2D eigenvalue weighted by Crippen LogP contribution is -1.97. The Balaban J connectivity index is 2.12. The molecule has 2 nitrogen and oxygen atoms in total. The topological polar surface area (TPSA) is 38.4 Å². The molecule has 2 heteroatoms. The Hall–Kier alpha value is -1.31. The second-order valence-electron chi connectivity index (χ2n) is 3.85. The molecule has 2 N–H and O–H groups in total. The number of nitrogens with zero attached hydrogens (tertiary/aromatic N) is 1. The van der Waals surface area contributed by atoms with Gasteiger partial charge in [0, 0.05) is 17.8 Å². The van der Waals surface area contributed by atoms with Gasteiger partial charge in [-0.1, -0.05) is 13.3 Å². The Kier molecular flexibility index (Phi) is 2.53. The van der Waals surface area contributed by atoms with Crippen LogP contribution in [0.2, 0.25) is 0 Å². The van der Waals surface area contributed by atoms with Crippen LogP contribution in [0.15, 0.2) is 23.2 Å². The van der Waals surface area contributed by atoms with Crippen molar-refractivity contribution in [2.24, 2.45) is 4.99 Å². The molecule has 1 aliphatic heterocycles. The summed E-state index contributed by atoms with van der Waals surface area (Å²) in [5.41, 5.74) is 10.3. The maximum atomic E-state index is 5.73. The van der Waals surface area contributed by atoms with Gasteiger partial charge in [0.25, 0.3) is 0 Å². The number of benzene rings is 1. The van der Waals surface area contributed by atoms with E-state index >= 15 is 0 Å². The van der Waals surface area contributed by atoms with E-state index in [1.165, 1.54) is 24.1 Å². The summed E-state index contributed by atoms with van der Waals surface area (Å²) in [6.45, 7) is 2.21. The molecule has 14 heavy (non-hydrogen) atoms. The minimum absolute atomic E-state index is 0.843. The molecule has 1 aromatic rings. The number of hydrogen-bond donors (Lipinski definition) is 1. The molecule has 1 aromatic carbocycles. The molecule has 0 aromatic heterocycles. The number of aliphatic imine (C=N–C) groups is 1. The summed E-state index contributed by atoms with van der Waals surface area (Å²) in [5, 5.41) is 0. The van der Waals surface area contributed by atoms with Crippen molar-refractivity contribution in [3.63, 3.8) is 0 Å². The average Bonchev–Trinajstić information content (AvgIpc) is 2.56. The van der Waals surface area contributed by atoms with E-state index in [2.05, 4.69) is 11.9 Å². The Morgan fingerprint density at radius 2 is 2.29 bits per heavy atom. The average molecular weight is 188 g/mol. The second-order valence-corrected chi connectivity index (χ2v) is 3.85. The van der Waals surface area contributed by atoms with Crippen molar-refractivity contribution in [2.75, 3.05) is 5.73 Å². The molecule has 0 unspecified atom stereocenters. The lowest BCUT2D eigenvalue weighted by molar-refractivity contribution is 0.830. The number of anilines is 1. The van der Waals surface area contributed by atoms with Gasteiger partial charge in [0.1, 0.15) is 0 Å². The van der Waals surface area contributed by atoms with E-state index in [0.29, 0.717) is 0 Å². The summed E-state index contributed by atoms with van der Waals surface area (Å²) >= 11 is 0. The fraction of sp³-hybridized carbons (Fsp3) is 0.417. The first kappa shape index (κ1) is 9.25. The maximum absolute atomic E-state index is 5.73. The van der Waals surface area contributed by atoms with Crippen LogP contribution in [-0.4, -0.2) is 5.71 Å². The molecule has 0 spiro atoms. The van der Waals surface area contributed by atoms with Gasteiger partial charge < -0.3 is 5.73 Å². The fourth-order valence-electron chi connectivity index (χ4n) is 1.81. The molecule has 0 saturated heterocycles. The molecular formula is C12H16N2. The summed E-state index contributed by atoms with van der Waals surface area (Å²) in [5.74, 6) is 0. The third-order valence-corrected chi connectivity index (χ3v) is 2.60. The molecule has 0 fully saturated rings. The number of nitrogen functional groups attached to an aromatic ring is 1. The number of nitrogens with two attached hydrogens (primary N) is 1. The smallest absolute Gasteiger partial charge is 0.0666 e. The zero-order valence-corrected chi connectivity index (χ0v) is 8.59. The van der Waals surface area contributed by atoms with Crippen molar-refractivity contribution < 1.29 is 0 Å². The van der Waals surface area contributed by atoms with Gasteiger partial charge in [-0.15, -0.1) is 0 Å². The van der Waals surface area contributed by atoms with Crippen molar-refractivity contribution in [1.29, 1.82) is 0 Å². The Morgan fingerprint density at radius 1 is 1.43 bits per heavy atom. The van der Waals surface area contributed by atoms with Gasteiger partial charge in [0.15, 0.2) is 0 Å². The van der Waals surface area contributed by atoms with Gasteiger partial charge in [-0.3, -0.25) is 4.99 Å². The third-order valence-electron chi connectivity index (χ3n) is 2.60. The van der Waals surface area contributed by atoms with Crippen molar-refractivity contribution in [2.45, 2.75) is 32.6 Å². The highest BCUT2D eigenvalue weighted by molar-refractivity contribution is 5.94. The minimum Gasteiger partial charge on any atom is -0.399 e. The van der Waals surface area contributed by atoms with E-state index in [0.717, 1.165) is 24.2 Å². The summed E-state index contributed by atoms with van der Waals surface area (Å²) in [4.78, 5) is 4.59. The van der Waals surface area contributed by atoms with Crippen LogP contribution in [0, 0.1) is 0 Å². The van der Waals surface area contributed by atoms with Crippen LogP contribution < -0.4 is 5.73 Å². The summed E-state index contributed by atoms with van der Waals surface area (Å²) < 4.78 is 0. The van der Waals surface area contributed by atoms with E-state index in [1.54, 1.807) is 0 Å². The van der Waals surface area contributed by atoms with Crippen LogP contribution in [0.25, 0.3) is 0 Å². The number of rotatable bonds is 3. The summed E-state index contributed by atoms with van der Waals surface area (Å²) in [7, 11) is 0. The highest BCUT2D eigenvalue weighted by atomic mass is 14.8. The van der Waals surface area contributed by atoms with Crippen molar-refractivity contribution in [1.82, 2.24) is 0 Å². The van der Waals surface area contributed by atoms with Crippen LogP contribution in [0.3, 0.4) is 0 Å². The maximum Gasteiger partial charge on any atom is 0.0666 e. The Morgan fingerprint density at radius 3 is 3.07 bits per heavy atom. The van der Waals surface area contributed by atoms with Crippen LogP contribution >= 0.6 is 0 Å². The molecule has 74 valence electrons. The zero-order chi connectivity index (χ0) is 9.97. The first-order valence-electron chi connectivity index (χ1n) is 5.24. The van der Waals surface area contributed by atoms with Gasteiger partial charge in [0.2, 0.25) is 0 Å². The lowest BCUT2D eigenvalue weighted by atomic mass is 10.1.